The normalized spacial score (nSPS) is 11.1. The lowest BCUT2D eigenvalue weighted by atomic mass is 10.2. The molecule has 0 saturated carbocycles. The summed E-state index contributed by atoms with van der Waals surface area (Å²) in [6.07, 6.45) is 1.48. The predicted molar refractivity (Wildman–Crippen MR) is 110 cm³/mol. The molecule has 0 bridgehead atoms. The zero-order valence-electron chi connectivity index (χ0n) is 14.5. The van der Waals surface area contributed by atoms with Crippen LogP contribution in [0.5, 0.6) is 0 Å². The minimum atomic E-state index is -0.300. The number of rotatable bonds is 3. The molecule has 0 aliphatic rings. The monoisotopic (exact) mass is 444 g/mol. The van der Waals surface area contributed by atoms with Gasteiger partial charge in [0, 0.05) is 10.2 Å². The number of aryl methyl sites for hydroxylation is 2. The Balaban J connectivity index is 1.78. The molecule has 5 nitrogen and oxygen atoms in total. The van der Waals surface area contributed by atoms with Crippen LogP contribution in [0.3, 0.4) is 0 Å². The Morgan fingerprint density at radius 2 is 2.00 bits per heavy atom. The van der Waals surface area contributed by atoms with Crippen molar-refractivity contribution < 1.29 is 4.39 Å². The number of para-hydroxylation sites is 1. The fraction of sp³-hybridized carbons (Fsp3) is 0.105. The highest BCUT2D eigenvalue weighted by molar-refractivity contribution is 9.10. The van der Waals surface area contributed by atoms with Crippen molar-refractivity contribution in [1.29, 1.82) is 0 Å². The summed E-state index contributed by atoms with van der Waals surface area (Å²) in [5.41, 5.74) is 3.00. The van der Waals surface area contributed by atoms with E-state index in [1.165, 1.54) is 28.3 Å². The van der Waals surface area contributed by atoms with Crippen LogP contribution in [0.4, 0.5) is 15.2 Å². The summed E-state index contributed by atoms with van der Waals surface area (Å²) in [4.78, 5) is 21.7. The minimum Gasteiger partial charge on any atom is -0.331 e. The summed E-state index contributed by atoms with van der Waals surface area (Å²) in [6, 6.07) is 10.6. The van der Waals surface area contributed by atoms with Gasteiger partial charge in [-0.15, -0.1) is 0 Å². The van der Waals surface area contributed by atoms with E-state index in [0.717, 1.165) is 15.7 Å². The molecule has 0 aliphatic heterocycles. The van der Waals surface area contributed by atoms with Gasteiger partial charge in [-0.3, -0.25) is 9.36 Å². The lowest BCUT2D eigenvalue weighted by Gasteiger charge is -2.10. The van der Waals surface area contributed by atoms with E-state index >= 15 is 0 Å². The number of benzene rings is 2. The van der Waals surface area contributed by atoms with E-state index in [1.54, 1.807) is 19.1 Å². The van der Waals surface area contributed by atoms with E-state index in [9.17, 15) is 9.18 Å². The van der Waals surface area contributed by atoms with Crippen molar-refractivity contribution in [1.82, 2.24) is 14.5 Å². The second kappa shape index (κ2) is 6.86. The number of hydrogen-bond acceptors (Lipinski definition) is 5. The topological polar surface area (TPSA) is 59.8 Å². The molecule has 27 heavy (non-hydrogen) atoms. The van der Waals surface area contributed by atoms with Crippen LogP contribution in [0, 0.1) is 19.7 Å². The maximum absolute atomic E-state index is 13.7. The maximum atomic E-state index is 13.7. The molecule has 2 heterocycles. The lowest BCUT2D eigenvalue weighted by molar-refractivity contribution is 0.619. The number of thiazole rings is 1. The third kappa shape index (κ3) is 3.26. The van der Waals surface area contributed by atoms with Crippen molar-refractivity contribution in [3.63, 3.8) is 0 Å². The Kier molecular flexibility index (Phi) is 4.53. The average Bonchev–Trinajstić information content (AvgIpc) is 3.03. The van der Waals surface area contributed by atoms with E-state index < -0.39 is 0 Å². The lowest BCUT2D eigenvalue weighted by Crippen LogP contribution is -2.19. The first kappa shape index (κ1) is 17.8. The SMILES string of the molecule is Cc1ccc(Nc2nc3ncn(-c4c(C)cccc4Br)c(=O)c3s2)cc1F. The molecule has 136 valence electrons. The van der Waals surface area contributed by atoms with Crippen molar-refractivity contribution in [2.24, 2.45) is 0 Å². The highest BCUT2D eigenvalue weighted by atomic mass is 79.9. The Morgan fingerprint density at radius 3 is 2.74 bits per heavy atom. The van der Waals surface area contributed by atoms with Crippen LogP contribution < -0.4 is 10.9 Å². The van der Waals surface area contributed by atoms with Gasteiger partial charge in [-0.1, -0.05) is 29.5 Å². The van der Waals surface area contributed by atoms with Crippen LogP contribution >= 0.6 is 27.3 Å². The van der Waals surface area contributed by atoms with Crippen molar-refractivity contribution in [2.45, 2.75) is 13.8 Å². The Morgan fingerprint density at radius 1 is 1.19 bits per heavy atom. The number of anilines is 2. The van der Waals surface area contributed by atoms with Gasteiger partial charge < -0.3 is 5.32 Å². The van der Waals surface area contributed by atoms with Crippen molar-refractivity contribution in [3.05, 3.63) is 74.5 Å². The Bertz CT molecular complexity index is 1210. The molecule has 8 heteroatoms. The van der Waals surface area contributed by atoms with E-state index in [2.05, 4.69) is 31.2 Å². The van der Waals surface area contributed by atoms with Gasteiger partial charge in [-0.25, -0.2) is 9.37 Å². The minimum absolute atomic E-state index is 0.198. The molecule has 0 amide bonds. The summed E-state index contributed by atoms with van der Waals surface area (Å²) in [5, 5.41) is 3.53. The molecule has 1 N–H and O–H groups in total. The molecule has 0 unspecified atom stereocenters. The molecule has 2 aromatic heterocycles. The highest BCUT2D eigenvalue weighted by Crippen LogP contribution is 2.28. The third-order valence-corrected chi connectivity index (χ3v) is 5.76. The standard InChI is InChI=1S/C19H14BrFN4OS/c1-10-6-7-12(8-14(10)21)23-19-24-17-16(27-19)18(26)25(9-22-17)15-11(2)4-3-5-13(15)20/h3-9H,1-2H3,(H,23,24). The number of aromatic nitrogens is 3. The quantitative estimate of drug-likeness (QED) is 0.477. The van der Waals surface area contributed by atoms with E-state index in [1.807, 2.05) is 25.1 Å². The van der Waals surface area contributed by atoms with Crippen LogP contribution in [0.1, 0.15) is 11.1 Å². The second-order valence-electron chi connectivity index (χ2n) is 6.09. The molecule has 0 atom stereocenters. The fourth-order valence-electron chi connectivity index (χ4n) is 2.75. The first-order chi connectivity index (χ1) is 12.9. The first-order valence-corrected chi connectivity index (χ1v) is 9.72. The predicted octanol–water partition coefficient (Wildman–Crippen LogP) is 5.10. The van der Waals surface area contributed by atoms with E-state index in [-0.39, 0.29) is 11.4 Å². The van der Waals surface area contributed by atoms with Crippen molar-refractivity contribution in [3.8, 4) is 5.69 Å². The Hall–Kier alpha value is -2.58. The molecule has 0 spiro atoms. The zero-order valence-corrected chi connectivity index (χ0v) is 16.9. The van der Waals surface area contributed by atoms with Gasteiger partial charge in [0.2, 0.25) is 0 Å². The van der Waals surface area contributed by atoms with E-state index in [4.69, 9.17) is 0 Å². The van der Waals surface area contributed by atoms with Gasteiger partial charge in [0.05, 0.1) is 5.69 Å². The number of hydrogen-bond donors (Lipinski definition) is 1. The number of nitrogens with one attached hydrogen (secondary N) is 1. The van der Waals surface area contributed by atoms with Crippen LogP contribution in [0.2, 0.25) is 0 Å². The molecule has 0 saturated heterocycles. The van der Waals surface area contributed by atoms with Crippen molar-refractivity contribution in [2.75, 3.05) is 5.32 Å². The van der Waals surface area contributed by atoms with Crippen LogP contribution in [0.25, 0.3) is 16.0 Å². The summed E-state index contributed by atoms with van der Waals surface area (Å²) in [6.45, 7) is 3.63. The Labute approximate surface area is 166 Å². The fourth-order valence-corrected chi connectivity index (χ4v) is 4.27. The molecular formula is C19H14BrFN4OS. The van der Waals surface area contributed by atoms with E-state index in [0.29, 0.717) is 26.7 Å². The summed E-state index contributed by atoms with van der Waals surface area (Å²) < 4.78 is 16.5. The largest absolute Gasteiger partial charge is 0.331 e. The van der Waals surface area contributed by atoms with Gasteiger partial charge in [0.25, 0.3) is 5.56 Å². The summed E-state index contributed by atoms with van der Waals surface area (Å²) in [5.74, 6) is -0.300. The second-order valence-corrected chi connectivity index (χ2v) is 7.94. The molecule has 0 fully saturated rings. The van der Waals surface area contributed by atoms with Crippen molar-refractivity contribution >= 4 is 48.4 Å². The third-order valence-electron chi connectivity index (χ3n) is 4.17. The summed E-state index contributed by atoms with van der Waals surface area (Å²) in [7, 11) is 0. The number of fused-ring (bicyclic) bond motifs is 1. The average molecular weight is 445 g/mol. The van der Waals surface area contributed by atoms with Gasteiger partial charge in [0.1, 0.15) is 16.8 Å². The number of halogens is 2. The van der Waals surface area contributed by atoms with Crippen LogP contribution in [-0.2, 0) is 0 Å². The van der Waals surface area contributed by atoms with Crippen LogP contribution in [0.15, 0.2) is 52.0 Å². The zero-order chi connectivity index (χ0) is 19.1. The maximum Gasteiger partial charge on any atom is 0.277 e. The molecule has 0 radical (unpaired) electrons. The number of nitrogens with zero attached hydrogens (tertiary/aromatic N) is 3. The molecular weight excluding hydrogens is 431 g/mol. The first-order valence-electron chi connectivity index (χ1n) is 8.11. The van der Waals surface area contributed by atoms with Gasteiger partial charge in [0.15, 0.2) is 10.8 Å². The molecule has 4 rings (SSSR count). The van der Waals surface area contributed by atoms with Gasteiger partial charge in [-0.05, 0) is 59.1 Å². The molecule has 2 aromatic carbocycles. The smallest absolute Gasteiger partial charge is 0.277 e. The molecule has 4 aromatic rings. The summed E-state index contributed by atoms with van der Waals surface area (Å²) >= 11 is 4.69. The van der Waals surface area contributed by atoms with Gasteiger partial charge in [-0.2, -0.15) is 4.98 Å². The highest BCUT2D eigenvalue weighted by Gasteiger charge is 2.15. The van der Waals surface area contributed by atoms with Gasteiger partial charge >= 0.3 is 0 Å². The molecule has 0 aliphatic carbocycles. The van der Waals surface area contributed by atoms with Crippen LogP contribution in [-0.4, -0.2) is 14.5 Å².